The lowest BCUT2D eigenvalue weighted by atomic mass is 9.92. The first-order valence-electron chi connectivity index (χ1n) is 9.65. The number of nitrogen functional groups attached to an aromatic ring is 1. The molecule has 8 nitrogen and oxygen atoms in total. The van der Waals surface area contributed by atoms with Gasteiger partial charge in [0.1, 0.15) is 12.1 Å². The minimum atomic E-state index is 0.0711. The summed E-state index contributed by atoms with van der Waals surface area (Å²) in [5.74, 6) is 0.523. The van der Waals surface area contributed by atoms with Crippen molar-refractivity contribution in [1.29, 1.82) is 0 Å². The quantitative estimate of drug-likeness (QED) is 0.804. The Balaban J connectivity index is 1.40. The molecule has 0 radical (unpaired) electrons. The van der Waals surface area contributed by atoms with E-state index in [4.69, 9.17) is 5.73 Å². The van der Waals surface area contributed by atoms with E-state index in [2.05, 4.69) is 27.0 Å². The maximum Gasteiger partial charge on any atom is 0.246 e. The summed E-state index contributed by atoms with van der Waals surface area (Å²) in [6.45, 7) is 4.11. The van der Waals surface area contributed by atoms with Gasteiger partial charge in [-0.25, -0.2) is 14.6 Å². The number of likely N-dealkylation sites (tertiary alicyclic amines) is 1. The summed E-state index contributed by atoms with van der Waals surface area (Å²) in [6.07, 6.45) is 9.90. The predicted octanol–water partition coefficient (Wildman–Crippen LogP) is 1.53. The number of carbonyl (C=O) groups excluding carboxylic acids is 1. The zero-order chi connectivity index (χ0) is 19.0. The van der Waals surface area contributed by atoms with Crippen molar-refractivity contribution >= 4 is 22.8 Å². The van der Waals surface area contributed by atoms with E-state index >= 15 is 0 Å². The van der Waals surface area contributed by atoms with Crippen LogP contribution in [0.3, 0.4) is 0 Å². The van der Waals surface area contributed by atoms with Crippen LogP contribution in [0, 0.1) is 6.92 Å². The second kappa shape index (κ2) is 7.26. The number of nitrogens with zero attached hydrogens (tertiary/aromatic N) is 6. The van der Waals surface area contributed by atoms with E-state index < -0.39 is 0 Å². The number of fused-ring (bicyclic) bond motifs is 1. The van der Waals surface area contributed by atoms with E-state index in [0.29, 0.717) is 18.4 Å². The number of carbonyl (C=O) groups is 1. The van der Waals surface area contributed by atoms with Crippen LogP contribution in [0.2, 0.25) is 0 Å². The smallest absolute Gasteiger partial charge is 0.246 e. The van der Waals surface area contributed by atoms with Gasteiger partial charge in [0.05, 0.1) is 17.1 Å². The third-order valence-electron chi connectivity index (χ3n) is 5.87. The topological polar surface area (TPSA) is 93.2 Å². The molecular formula is C19H27N7O. The van der Waals surface area contributed by atoms with Crippen LogP contribution in [0.5, 0.6) is 0 Å². The van der Waals surface area contributed by atoms with Crippen molar-refractivity contribution in [3.8, 4) is 0 Å². The Morgan fingerprint density at radius 1 is 1.37 bits per heavy atom. The molecular weight excluding hydrogens is 342 g/mol. The van der Waals surface area contributed by atoms with Gasteiger partial charge in [-0.15, -0.1) is 0 Å². The monoisotopic (exact) mass is 369 g/mol. The highest BCUT2D eigenvalue weighted by Gasteiger charge is 2.29. The van der Waals surface area contributed by atoms with Crippen molar-refractivity contribution in [3.63, 3.8) is 0 Å². The third kappa shape index (κ3) is 3.41. The Labute approximate surface area is 159 Å². The lowest BCUT2D eigenvalue weighted by Crippen LogP contribution is -2.37. The van der Waals surface area contributed by atoms with Crippen molar-refractivity contribution in [2.45, 2.75) is 44.7 Å². The highest BCUT2D eigenvalue weighted by Crippen LogP contribution is 2.28. The molecule has 0 spiro atoms. The van der Waals surface area contributed by atoms with Crippen LogP contribution in [0.4, 0.5) is 5.82 Å². The molecule has 4 rings (SSSR count). The lowest BCUT2D eigenvalue weighted by molar-refractivity contribution is -0.125. The predicted molar refractivity (Wildman–Crippen MR) is 104 cm³/mol. The normalized spacial score (nSPS) is 20.9. The molecule has 2 aliphatic rings. The summed E-state index contributed by atoms with van der Waals surface area (Å²) < 4.78 is 1.91. The van der Waals surface area contributed by atoms with Crippen molar-refractivity contribution in [1.82, 2.24) is 29.5 Å². The second-order valence-electron chi connectivity index (χ2n) is 7.64. The van der Waals surface area contributed by atoms with Gasteiger partial charge in [-0.2, -0.15) is 5.10 Å². The first kappa shape index (κ1) is 17.9. The Morgan fingerprint density at radius 3 is 2.93 bits per heavy atom. The molecule has 144 valence electrons. The maximum absolute atomic E-state index is 12.5. The highest BCUT2D eigenvalue weighted by atomic mass is 16.2. The number of aryl methyl sites for hydroxylation is 1. The fourth-order valence-electron chi connectivity index (χ4n) is 3.97. The van der Waals surface area contributed by atoms with E-state index in [-0.39, 0.29) is 11.9 Å². The molecule has 1 saturated carbocycles. The Morgan fingerprint density at radius 2 is 2.19 bits per heavy atom. The van der Waals surface area contributed by atoms with Gasteiger partial charge in [0.25, 0.3) is 0 Å². The molecule has 1 amide bonds. The summed E-state index contributed by atoms with van der Waals surface area (Å²) in [7, 11) is 2.13. The van der Waals surface area contributed by atoms with Gasteiger partial charge in [0.15, 0.2) is 5.65 Å². The summed E-state index contributed by atoms with van der Waals surface area (Å²) in [5, 5.41) is 5.43. The number of anilines is 1. The molecule has 0 bridgehead atoms. The van der Waals surface area contributed by atoms with Crippen LogP contribution in [0.25, 0.3) is 11.0 Å². The Kier molecular flexibility index (Phi) is 4.82. The van der Waals surface area contributed by atoms with E-state index in [1.54, 1.807) is 6.08 Å². The fraction of sp³-hybridized carbons (Fsp3) is 0.579. The summed E-state index contributed by atoms with van der Waals surface area (Å²) in [6, 6.07) is 0.803. The molecule has 1 atom stereocenters. The molecule has 1 saturated heterocycles. The third-order valence-corrected chi connectivity index (χ3v) is 5.87. The van der Waals surface area contributed by atoms with Crippen LogP contribution in [-0.2, 0) is 4.79 Å². The average molecular weight is 369 g/mol. The summed E-state index contributed by atoms with van der Waals surface area (Å²) >= 11 is 0. The van der Waals surface area contributed by atoms with Crippen molar-refractivity contribution < 1.29 is 4.79 Å². The van der Waals surface area contributed by atoms with Crippen LogP contribution < -0.4 is 5.73 Å². The van der Waals surface area contributed by atoms with Crippen molar-refractivity contribution in [2.75, 3.05) is 32.4 Å². The Hall–Kier alpha value is -2.48. The van der Waals surface area contributed by atoms with Crippen molar-refractivity contribution in [2.24, 2.45) is 0 Å². The van der Waals surface area contributed by atoms with Crippen LogP contribution >= 0.6 is 0 Å². The molecule has 0 aromatic carbocycles. The lowest BCUT2D eigenvalue weighted by Gasteiger charge is -2.33. The minimum Gasteiger partial charge on any atom is -0.383 e. The van der Waals surface area contributed by atoms with Gasteiger partial charge < -0.3 is 10.6 Å². The molecule has 2 aromatic rings. The minimum absolute atomic E-state index is 0.0711. The van der Waals surface area contributed by atoms with Gasteiger partial charge in [-0.1, -0.05) is 12.5 Å². The number of hydrogen-bond acceptors (Lipinski definition) is 6. The van der Waals surface area contributed by atoms with E-state index in [9.17, 15) is 4.79 Å². The summed E-state index contributed by atoms with van der Waals surface area (Å²) in [4.78, 5) is 25.2. The first-order valence-corrected chi connectivity index (χ1v) is 9.65. The van der Waals surface area contributed by atoms with Gasteiger partial charge >= 0.3 is 0 Å². The van der Waals surface area contributed by atoms with Crippen molar-refractivity contribution in [3.05, 3.63) is 24.2 Å². The summed E-state index contributed by atoms with van der Waals surface area (Å²) in [5.41, 5.74) is 7.55. The average Bonchev–Trinajstić information content (AvgIpc) is 3.19. The van der Waals surface area contributed by atoms with Gasteiger partial charge in [-0.05, 0) is 33.2 Å². The van der Waals surface area contributed by atoms with Gasteiger partial charge in [-0.3, -0.25) is 9.69 Å². The highest BCUT2D eigenvalue weighted by molar-refractivity contribution is 5.89. The van der Waals surface area contributed by atoms with Crippen LogP contribution in [0.15, 0.2) is 18.5 Å². The van der Waals surface area contributed by atoms with Gasteiger partial charge in [0.2, 0.25) is 5.91 Å². The van der Waals surface area contributed by atoms with E-state index in [0.717, 1.165) is 36.2 Å². The zero-order valence-corrected chi connectivity index (χ0v) is 16.0. The number of likely N-dealkylation sites (N-methyl/N-ethyl adjacent to an activating group) is 1. The van der Waals surface area contributed by atoms with Crippen LogP contribution in [-0.4, -0.2) is 68.2 Å². The zero-order valence-electron chi connectivity index (χ0n) is 16.0. The SMILES string of the molecule is Cc1nn(C2CCN(C(=O)/C=C/CN(C)C3CCC3)C2)c2ncnc(N)c12. The molecule has 27 heavy (non-hydrogen) atoms. The molecule has 2 fully saturated rings. The van der Waals surface area contributed by atoms with E-state index in [1.807, 2.05) is 22.6 Å². The molecule has 8 heteroatoms. The van der Waals surface area contributed by atoms with Crippen LogP contribution in [0.1, 0.15) is 37.4 Å². The Bertz CT molecular complexity index is 870. The van der Waals surface area contributed by atoms with E-state index in [1.165, 1.54) is 25.6 Å². The number of aromatic nitrogens is 4. The maximum atomic E-state index is 12.5. The number of amides is 1. The standard InChI is InChI=1S/C19H27N7O/c1-13-17-18(20)21-12-22-19(17)26(23-13)15-8-10-25(11-15)16(27)7-4-9-24(2)14-5-3-6-14/h4,7,12,14-15H,3,5-6,8-11H2,1-2H3,(H2,20,21,22)/b7-4+. The molecule has 3 heterocycles. The first-order chi connectivity index (χ1) is 13.0. The number of rotatable bonds is 5. The number of nitrogens with two attached hydrogens (primary N) is 1. The van der Waals surface area contributed by atoms with Gasteiger partial charge in [0, 0.05) is 31.8 Å². The molecule has 1 aliphatic heterocycles. The second-order valence-corrected chi connectivity index (χ2v) is 7.64. The molecule has 1 unspecified atom stereocenters. The molecule has 1 aliphatic carbocycles. The fourth-order valence-corrected chi connectivity index (χ4v) is 3.97. The number of hydrogen-bond donors (Lipinski definition) is 1. The molecule has 2 aromatic heterocycles. The largest absolute Gasteiger partial charge is 0.383 e. The molecule has 2 N–H and O–H groups in total.